The van der Waals surface area contributed by atoms with Gasteiger partial charge in [0.2, 0.25) is 5.95 Å². The summed E-state index contributed by atoms with van der Waals surface area (Å²) in [6.45, 7) is 2.60. The number of fused-ring (bicyclic) bond motifs is 1. The Morgan fingerprint density at radius 2 is 1.88 bits per heavy atom. The first-order valence-electron chi connectivity index (χ1n) is 7.58. The largest absolute Gasteiger partial charge is 0.361 e. The Kier molecular flexibility index (Phi) is 4.28. The van der Waals surface area contributed by atoms with Crippen molar-refractivity contribution in [2.45, 2.75) is 13.5 Å². The molecule has 2 heterocycles. The van der Waals surface area contributed by atoms with Gasteiger partial charge in [0.25, 0.3) is 0 Å². The summed E-state index contributed by atoms with van der Waals surface area (Å²) in [4.78, 5) is 15.0. The van der Waals surface area contributed by atoms with Crippen LogP contribution < -0.4 is 10.2 Å². The number of benzene rings is 1. The zero-order valence-corrected chi connectivity index (χ0v) is 13.7. The lowest BCUT2D eigenvalue weighted by Gasteiger charge is -2.14. The standard InChI is InChI=1S/C16H18F2N6/c1-4-19-16-21-14(23(2)3)13-15(22-16)24(9-20-13)8-10-11(17)6-5-7-12(10)18/h5-7,9H,4,8H2,1-3H3,(H,19,21,22). The molecule has 0 atom stereocenters. The number of aromatic nitrogens is 4. The van der Waals surface area contributed by atoms with E-state index in [9.17, 15) is 8.78 Å². The van der Waals surface area contributed by atoms with E-state index >= 15 is 0 Å². The van der Waals surface area contributed by atoms with E-state index in [0.717, 1.165) is 0 Å². The lowest BCUT2D eigenvalue weighted by atomic mass is 10.2. The van der Waals surface area contributed by atoms with Crippen LogP contribution in [-0.4, -0.2) is 40.2 Å². The predicted octanol–water partition coefficient (Wildman–Crippen LogP) is 2.65. The van der Waals surface area contributed by atoms with Crippen molar-refractivity contribution in [3.05, 3.63) is 41.7 Å². The van der Waals surface area contributed by atoms with Crippen molar-refractivity contribution in [3.8, 4) is 0 Å². The quantitative estimate of drug-likeness (QED) is 0.778. The van der Waals surface area contributed by atoms with Crippen LogP contribution in [-0.2, 0) is 6.54 Å². The van der Waals surface area contributed by atoms with Gasteiger partial charge in [-0.05, 0) is 19.1 Å². The van der Waals surface area contributed by atoms with E-state index in [1.165, 1.54) is 24.5 Å². The van der Waals surface area contributed by atoms with Crippen LogP contribution in [0.15, 0.2) is 24.5 Å². The topological polar surface area (TPSA) is 58.9 Å². The first kappa shape index (κ1) is 16.1. The minimum absolute atomic E-state index is 0.00442. The highest BCUT2D eigenvalue weighted by Crippen LogP contribution is 2.24. The van der Waals surface area contributed by atoms with Gasteiger partial charge in [-0.3, -0.25) is 0 Å². The molecule has 0 aliphatic rings. The van der Waals surface area contributed by atoms with E-state index in [1.54, 1.807) is 4.57 Å². The third-order valence-corrected chi connectivity index (χ3v) is 3.59. The number of hydrogen-bond donors (Lipinski definition) is 1. The fourth-order valence-electron chi connectivity index (χ4n) is 2.45. The summed E-state index contributed by atoms with van der Waals surface area (Å²) in [6, 6.07) is 3.82. The van der Waals surface area contributed by atoms with Crippen molar-refractivity contribution >= 4 is 22.9 Å². The number of imidazole rings is 1. The molecule has 0 saturated heterocycles. The van der Waals surface area contributed by atoms with Gasteiger partial charge in [0.05, 0.1) is 12.9 Å². The number of hydrogen-bond acceptors (Lipinski definition) is 5. The lowest BCUT2D eigenvalue weighted by Crippen LogP contribution is -2.14. The summed E-state index contributed by atoms with van der Waals surface area (Å²) in [5, 5.41) is 3.06. The van der Waals surface area contributed by atoms with E-state index in [1.807, 2.05) is 25.9 Å². The molecule has 0 saturated carbocycles. The molecule has 0 spiro atoms. The molecule has 0 radical (unpaired) electrons. The van der Waals surface area contributed by atoms with Gasteiger partial charge in [-0.15, -0.1) is 0 Å². The molecule has 24 heavy (non-hydrogen) atoms. The molecule has 1 N–H and O–H groups in total. The third kappa shape index (κ3) is 2.86. The number of anilines is 2. The van der Waals surface area contributed by atoms with Crippen LogP contribution in [0.1, 0.15) is 12.5 Å². The molecule has 0 bridgehead atoms. The number of nitrogens with zero attached hydrogens (tertiary/aromatic N) is 5. The van der Waals surface area contributed by atoms with E-state index in [2.05, 4.69) is 20.3 Å². The maximum absolute atomic E-state index is 13.9. The molecule has 3 aromatic rings. The highest BCUT2D eigenvalue weighted by molar-refractivity contribution is 5.84. The van der Waals surface area contributed by atoms with Crippen molar-refractivity contribution < 1.29 is 8.78 Å². The van der Waals surface area contributed by atoms with Gasteiger partial charge in [-0.25, -0.2) is 13.8 Å². The van der Waals surface area contributed by atoms with Crippen molar-refractivity contribution in [1.82, 2.24) is 19.5 Å². The first-order chi connectivity index (χ1) is 11.5. The van der Waals surface area contributed by atoms with Crippen LogP contribution in [0, 0.1) is 11.6 Å². The van der Waals surface area contributed by atoms with Crippen LogP contribution >= 0.6 is 0 Å². The SMILES string of the molecule is CCNc1nc(N(C)C)c2ncn(Cc3c(F)cccc3F)c2n1. The molecule has 126 valence electrons. The molecular formula is C16H18F2N6. The highest BCUT2D eigenvalue weighted by Gasteiger charge is 2.17. The monoisotopic (exact) mass is 332 g/mol. The van der Waals surface area contributed by atoms with Gasteiger partial charge in [-0.1, -0.05) is 6.07 Å². The van der Waals surface area contributed by atoms with Crippen LogP contribution in [0.3, 0.4) is 0 Å². The molecular weight excluding hydrogens is 314 g/mol. The molecule has 0 aliphatic carbocycles. The summed E-state index contributed by atoms with van der Waals surface area (Å²) >= 11 is 0. The second kappa shape index (κ2) is 6.38. The van der Waals surface area contributed by atoms with Gasteiger partial charge in [0.1, 0.15) is 11.6 Å². The minimum atomic E-state index is -0.592. The van der Waals surface area contributed by atoms with Crippen LogP contribution in [0.25, 0.3) is 11.2 Å². The predicted molar refractivity (Wildman–Crippen MR) is 89.3 cm³/mol. The van der Waals surface area contributed by atoms with E-state index < -0.39 is 11.6 Å². The van der Waals surface area contributed by atoms with Gasteiger partial charge in [0.15, 0.2) is 17.0 Å². The van der Waals surface area contributed by atoms with Gasteiger partial charge >= 0.3 is 0 Å². The van der Waals surface area contributed by atoms with Crippen molar-refractivity contribution in [1.29, 1.82) is 0 Å². The van der Waals surface area contributed by atoms with Gasteiger partial charge in [-0.2, -0.15) is 9.97 Å². The second-order valence-electron chi connectivity index (χ2n) is 5.54. The van der Waals surface area contributed by atoms with E-state index in [-0.39, 0.29) is 12.1 Å². The Morgan fingerprint density at radius 3 is 2.50 bits per heavy atom. The Morgan fingerprint density at radius 1 is 1.17 bits per heavy atom. The van der Waals surface area contributed by atoms with Gasteiger partial charge in [0, 0.05) is 26.2 Å². The molecule has 0 unspecified atom stereocenters. The fraction of sp³-hybridized carbons (Fsp3) is 0.312. The molecule has 0 fully saturated rings. The van der Waals surface area contributed by atoms with E-state index in [0.29, 0.717) is 29.5 Å². The zero-order chi connectivity index (χ0) is 17.3. The molecule has 8 heteroatoms. The fourth-order valence-corrected chi connectivity index (χ4v) is 2.45. The lowest BCUT2D eigenvalue weighted by molar-refractivity contribution is 0.546. The average Bonchev–Trinajstić information content (AvgIpc) is 2.93. The van der Waals surface area contributed by atoms with Crippen molar-refractivity contribution in [2.24, 2.45) is 0 Å². The Hall–Kier alpha value is -2.77. The zero-order valence-electron chi connectivity index (χ0n) is 13.7. The Labute approximate surface area is 138 Å². The molecule has 0 aliphatic heterocycles. The summed E-state index contributed by atoms with van der Waals surface area (Å²) in [5.74, 6) is -0.0931. The Balaban J connectivity index is 2.12. The number of rotatable bonds is 5. The van der Waals surface area contributed by atoms with Gasteiger partial charge < -0.3 is 14.8 Å². The number of halogens is 2. The summed E-state index contributed by atoms with van der Waals surface area (Å²) in [6.07, 6.45) is 1.52. The van der Waals surface area contributed by atoms with Crippen molar-refractivity contribution in [2.75, 3.05) is 30.9 Å². The van der Waals surface area contributed by atoms with Crippen LogP contribution in [0.5, 0.6) is 0 Å². The molecule has 6 nitrogen and oxygen atoms in total. The van der Waals surface area contributed by atoms with Crippen molar-refractivity contribution in [3.63, 3.8) is 0 Å². The maximum atomic E-state index is 13.9. The van der Waals surface area contributed by atoms with Crippen LogP contribution in [0.4, 0.5) is 20.5 Å². The summed E-state index contributed by atoms with van der Waals surface area (Å²) in [7, 11) is 3.71. The highest BCUT2D eigenvalue weighted by atomic mass is 19.1. The normalized spacial score (nSPS) is 11.0. The molecule has 1 aromatic carbocycles. The Bertz CT molecular complexity index is 854. The minimum Gasteiger partial charge on any atom is -0.361 e. The van der Waals surface area contributed by atoms with Crippen LogP contribution in [0.2, 0.25) is 0 Å². The van der Waals surface area contributed by atoms with E-state index in [4.69, 9.17) is 0 Å². The maximum Gasteiger partial charge on any atom is 0.226 e. The third-order valence-electron chi connectivity index (χ3n) is 3.59. The molecule has 3 rings (SSSR count). The summed E-state index contributed by atoms with van der Waals surface area (Å²) in [5.41, 5.74) is 1.08. The molecule has 0 amide bonds. The second-order valence-corrected chi connectivity index (χ2v) is 5.54. The molecule has 2 aromatic heterocycles. The number of nitrogens with one attached hydrogen (secondary N) is 1. The summed E-state index contributed by atoms with van der Waals surface area (Å²) < 4.78 is 29.5. The average molecular weight is 332 g/mol. The smallest absolute Gasteiger partial charge is 0.226 e. The first-order valence-corrected chi connectivity index (χ1v) is 7.58.